The molecule has 2 aliphatic carbocycles. The summed E-state index contributed by atoms with van der Waals surface area (Å²) in [6.45, 7) is 2.96. The molecule has 6 rings (SSSR count). The maximum absolute atomic E-state index is 13.9. The Balaban J connectivity index is 1.25. The summed E-state index contributed by atoms with van der Waals surface area (Å²) in [5, 5.41) is 9.26. The number of nitrogens with zero attached hydrogens (tertiary/aromatic N) is 2. The second kappa shape index (κ2) is 10.1. The van der Waals surface area contributed by atoms with Crippen LogP contribution in [0.3, 0.4) is 0 Å². The molecule has 3 heterocycles. The van der Waals surface area contributed by atoms with Crippen molar-refractivity contribution in [2.75, 3.05) is 13.1 Å². The molecule has 0 bridgehead atoms. The Morgan fingerprint density at radius 3 is 2.55 bits per heavy atom. The van der Waals surface area contributed by atoms with Crippen LogP contribution in [-0.2, 0) is 26.2 Å². The molecule has 10 heteroatoms. The van der Waals surface area contributed by atoms with Crippen molar-refractivity contribution in [3.8, 4) is 0 Å². The smallest absolute Gasteiger partial charge is 0.289 e. The number of carbonyl (C=O) groups excluding carboxylic acids is 5. The number of hydrogen-bond acceptors (Lipinski definition) is 5. The molecule has 0 radical (unpaired) electrons. The number of nitrogens with one attached hydrogen (secondary N) is 3. The van der Waals surface area contributed by atoms with Crippen molar-refractivity contribution in [2.45, 2.75) is 76.4 Å². The van der Waals surface area contributed by atoms with Gasteiger partial charge in [-0.15, -0.1) is 0 Å². The van der Waals surface area contributed by atoms with Crippen LogP contribution in [0, 0.1) is 18.3 Å². The van der Waals surface area contributed by atoms with E-state index in [1.165, 1.54) is 0 Å². The molecule has 1 spiro atoms. The van der Waals surface area contributed by atoms with Crippen molar-refractivity contribution in [1.82, 2.24) is 25.4 Å². The van der Waals surface area contributed by atoms with E-state index in [0.717, 1.165) is 48.6 Å². The van der Waals surface area contributed by atoms with Crippen LogP contribution in [0.5, 0.6) is 0 Å². The predicted octanol–water partition coefficient (Wildman–Crippen LogP) is 1.73. The van der Waals surface area contributed by atoms with Gasteiger partial charge in [0.05, 0.1) is 6.04 Å². The zero-order chi connectivity index (χ0) is 28.2. The van der Waals surface area contributed by atoms with Crippen molar-refractivity contribution in [1.29, 1.82) is 0 Å². The minimum absolute atomic E-state index is 0.00616. The average molecular weight is 548 g/mol. The summed E-state index contributed by atoms with van der Waals surface area (Å²) >= 11 is 0. The van der Waals surface area contributed by atoms with Crippen LogP contribution in [0.4, 0.5) is 0 Å². The normalized spacial score (nSPS) is 24.1. The number of aryl methyl sites for hydroxylation is 2. The van der Waals surface area contributed by atoms with Crippen molar-refractivity contribution < 1.29 is 24.0 Å². The lowest BCUT2D eigenvalue weighted by molar-refractivity contribution is -0.141. The van der Waals surface area contributed by atoms with Gasteiger partial charge in [-0.2, -0.15) is 0 Å². The zero-order valence-electron chi connectivity index (χ0n) is 23.1. The van der Waals surface area contributed by atoms with Gasteiger partial charge in [0.1, 0.15) is 11.7 Å². The van der Waals surface area contributed by atoms with Gasteiger partial charge in [-0.25, -0.2) is 0 Å². The minimum Gasteiger partial charge on any atom is -0.356 e. The summed E-state index contributed by atoms with van der Waals surface area (Å²) in [5.74, 6) is -2.76. The van der Waals surface area contributed by atoms with Crippen LogP contribution in [0.1, 0.15) is 67.4 Å². The van der Waals surface area contributed by atoms with Crippen LogP contribution in [0.15, 0.2) is 24.3 Å². The molecule has 2 aliphatic heterocycles. The molecule has 2 saturated heterocycles. The van der Waals surface area contributed by atoms with Crippen LogP contribution < -0.4 is 16.0 Å². The minimum atomic E-state index is -1.13. The van der Waals surface area contributed by atoms with Gasteiger partial charge in [-0.1, -0.05) is 12.1 Å². The fourth-order valence-electron chi connectivity index (χ4n) is 6.33. The molecular formula is C30H37N5O5. The molecule has 4 amide bonds. The molecule has 10 nitrogen and oxygen atoms in total. The standard InChI is InChI=1S/C30H37N5O5/c1-17-3-4-18-15-23(34(2)22(18)13-17)29(40)35-12-10-30(8-9-30)16-24(35)27(38)33-21(14-19-7-11-31-26(19)37)25(36)28(39)32-20-5-6-20/h3-4,13,15,19-21,24H,5-12,14,16H2,1-2H3,(H,31,37)(H,32,39)(H,33,38). The third-order valence-corrected chi connectivity index (χ3v) is 9.28. The van der Waals surface area contributed by atoms with E-state index in [4.69, 9.17) is 0 Å². The molecule has 40 heavy (non-hydrogen) atoms. The van der Waals surface area contributed by atoms with Gasteiger partial charge in [-0.05, 0) is 81.4 Å². The lowest BCUT2D eigenvalue weighted by Crippen LogP contribution is -2.58. The van der Waals surface area contributed by atoms with Crippen molar-refractivity contribution >= 4 is 40.3 Å². The number of hydrogen-bond donors (Lipinski definition) is 3. The number of likely N-dealkylation sites (tertiary alicyclic amines) is 1. The third kappa shape index (κ3) is 5.11. The Labute approximate surface area is 233 Å². The molecule has 2 saturated carbocycles. The predicted molar refractivity (Wildman–Crippen MR) is 147 cm³/mol. The first-order valence-corrected chi connectivity index (χ1v) is 14.4. The fraction of sp³-hybridized carbons (Fsp3) is 0.567. The fourth-order valence-corrected chi connectivity index (χ4v) is 6.33. The van der Waals surface area contributed by atoms with Crippen LogP contribution in [0.25, 0.3) is 10.9 Å². The maximum Gasteiger partial charge on any atom is 0.289 e. The van der Waals surface area contributed by atoms with Gasteiger partial charge in [0.2, 0.25) is 17.6 Å². The number of piperidine rings is 1. The van der Waals surface area contributed by atoms with E-state index in [-0.39, 0.29) is 29.7 Å². The molecule has 212 valence electrons. The van der Waals surface area contributed by atoms with Gasteiger partial charge in [0.15, 0.2) is 0 Å². The molecule has 2 aromatic rings. The summed E-state index contributed by atoms with van der Waals surface area (Å²) in [5.41, 5.74) is 2.59. The van der Waals surface area contributed by atoms with E-state index in [0.29, 0.717) is 31.6 Å². The third-order valence-electron chi connectivity index (χ3n) is 9.28. The SMILES string of the molecule is Cc1ccc2cc(C(=O)N3CCC4(CC4)CC3C(=O)NC(CC3CCNC3=O)C(=O)C(=O)NC3CC3)n(C)c2c1. The van der Waals surface area contributed by atoms with Gasteiger partial charge in [0, 0.05) is 43.0 Å². The highest BCUT2D eigenvalue weighted by atomic mass is 16.2. The summed E-state index contributed by atoms with van der Waals surface area (Å²) < 4.78 is 1.87. The number of ketones is 1. The highest BCUT2D eigenvalue weighted by Crippen LogP contribution is 2.55. The second-order valence-electron chi connectivity index (χ2n) is 12.3. The quantitative estimate of drug-likeness (QED) is 0.434. The number of carbonyl (C=O) groups is 5. The number of fused-ring (bicyclic) bond motifs is 1. The number of Topliss-reactive ketones (excluding diaryl/α,β-unsaturated/α-hetero) is 1. The molecule has 3 unspecified atom stereocenters. The van der Waals surface area contributed by atoms with Crippen molar-refractivity contribution in [3.63, 3.8) is 0 Å². The van der Waals surface area contributed by atoms with E-state index in [1.807, 2.05) is 42.8 Å². The van der Waals surface area contributed by atoms with Gasteiger partial charge in [-0.3, -0.25) is 24.0 Å². The van der Waals surface area contributed by atoms with E-state index >= 15 is 0 Å². The van der Waals surface area contributed by atoms with E-state index in [2.05, 4.69) is 16.0 Å². The highest BCUT2D eigenvalue weighted by Gasteiger charge is 2.51. The molecule has 3 atom stereocenters. The molecule has 3 N–H and O–H groups in total. The molecule has 4 aliphatic rings. The van der Waals surface area contributed by atoms with Crippen LogP contribution in [0.2, 0.25) is 0 Å². The monoisotopic (exact) mass is 547 g/mol. The number of amides is 4. The van der Waals surface area contributed by atoms with E-state index < -0.39 is 35.6 Å². The van der Waals surface area contributed by atoms with Gasteiger partial charge in [0.25, 0.3) is 11.8 Å². The van der Waals surface area contributed by atoms with Crippen LogP contribution >= 0.6 is 0 Å². The summed E-state index contributed by atoms with van der Waals surface area (Å²) in [6.07, 6.45) is 5.64. The Hall–Kier alpha value is -3.69. The second-order valence-corrected chi connectivity index (χ2v) is 12.3. The number of rotatable bonds is 8. The lowest BCUT2D eigenvalue weighted by Gasteiger charge is -2.39. The first kappa shape index (κ1) is 26.5. The van der Waals surface area contributed by atoms with E-state index in [1.54, 1.807) is 4.90 Å². The first-order valence-electron chi connectivity index (χ1n) is 14.4. The summed E-state index contributed by atoms with van der Waals surface area (Å²) in [6, 6.07) is 5.99. The summed E-state index contributed by atoms with van der Waals surface area (Å²) in [4.78, 5) is 67.7. The Bertz CT molecular complexity index is 1400. The van der Waals surface area contributed by atoms with Crippen LogP contribution in [-0.4, -0.2) is 70.1 Å². The number of aromatic nitrogens is 1. The van der Waals surface area contributed by atoms with Crippen molar-refractivity contribution in [3.05, 3.63) is 35.5 Å². The Morgan fingerprint density at radius 2 is 1.88 bits per heavy atom. The lowest BCUT2D eigenvalue weighted by atomic mass is 9.86. The van der Waals surface area contributed by atoms with Crippen molar-refractivity contribution in [2.24, 2.45) is 18.4 Å². The largest absolute Gasteiger partial charge is 0.356 e. The molecule has 4 fully saturated rings. The molecule has 1 aromatic heterocycles. The molecule has 1 aromatic carbocycles. The highest BCUT2D eigenvalue weighted by molar-refractivity contribution is 6.38. The topological polar surface area (TPSA) is 130 Å². The number of benzene rings is 1. The van der Waals surface area contributed by atoms with Gasteiger partial charge < -0.3 is 25.4 Å². The summed E-state index contributed by atoms with van der Waals surface area (Å²) in [7, 11) is 1.86. The maximum atomic E-state index is 13.9. The van der Waals surface area contributed by atoms with Gasteiger partial charge >= 0.3 is 0 Å². The first-order chi connectivity index (χ1) is 19.1. The van der Waals surface area contributed by atoms with E-state index in [9.17, 15) is 24.0 Å². The molecular weight excluding hydrogens is 510 g/mol. The Kier molecular flexibility index (Phi) is 6.67. The average Bonchev–Trinajstić information content (AvgIpc) is 3.84. The zero-order valence-corrected chi connectivity index (χ0v) is 23.1. The Morgan fingerprint density at radius 1 is 1.10 bits per heavy atom.